The van der Waals surface area contributed by atoms with Gasteiger partial charge in [-0.3, -0.25) is 5.32 Å². The number of carbonyl (C=O) groups is 1. The highest BCUT2D eigenvalue weighted by Crippen LogP contribution is 1.71. The van der Waals surface area contributed by atoms with Gasteiger partial charge in [0.2, 0.25) is 0 Å². The summed E-state index contributed by atoms with van der Waals surface area (Å²) in [6, 6.07) is 0. The lowest BCUT2D eigenvalue weighted by Gasteiger charge is -1.95. The molecule has 0 heterocycles. The van der Waals surface area contributed by atoms with Gasteiger partial charge in [0.05, 0.1) is 6.61 Å². The molecule has 0 aliphatic carbocycles. The molecular formula is C4H6NO2S. The Labute approximate surface area is 53.0 Å². The smallest absolute Gasteiger partial charge is 0.412 e. The number of amides is 1. The Hall–Kier alpha value is -0.640. The van der Waals surface area contributed by atoms with Crippen LogP contribution in [0.3, 0.4) is 0 Å². The number of hydrogen-bond acceptors (Lipinski definition) is 3. The monoisotopic (exact) mass is 132 g/mol. The number of alkyl carbamates (subject to hydrolysis) is 1. The summed E-state index contributed by atoms with van der Waals surface area (Å²) in [6.45, 7) is 2.06. The first-order valence-corrected chi connectivity index (χ1v) is 2.52. The molecule has 1 radical (unpaired) electrons. The summed E-state index contributed by atoms with van der Waals surface area (Å²) in [5, 5.41) is 2.05. The van der Waals surface area contributed by atoms with Crippen molar-refractivity contribution in [2.45, 2.75) is 6.92 Å². The van der Waals surface area contributed by atoms with Crippen LogP contribution in [0.1, 0.15) is 6.92 Å². The minimum atomic E-state index is -0.553. The van der Waals surface area contributed by atoms with Crippen molar-refractivity contribution in [3.63, 3.8) is 0 Å². The van der Waals surface area contributed by atoms with Crippen LogP contribution in [0.5, 0.6) is 0 Å². The molecular weight excluding hydrogens is 126 g/mol. The van der Waals surface area contributed by atoms with E-state index < -0.39 is 6.09 Å². The van der Waals surface area contributed by atoms with Crippen LogP contribution in [0.2, 0.25) is 0 Å². The molecule has 0 spiro atoms. The largest absolute Gasteiger partial charge is 0.450 e. The van der Waals surface area contributed by atoms with E-state index in [-0.39, 0.29) is 0 Å². The number of thiocarbonyl (C=S) groups is 1. The average Bonchev–Trinajstić information content (AvgIpc) is 1.68. The number of rotatable bonds is 2. The Morgan fingerprint density at radius 2 is 2.62 bits per heavy atom. The second-order valence-corrected chi connectivity index (χ2v) is 1.15. The third-order valence-electron chi connectivity index (χ3n) is 0.429. The molecule has 0 fully saturated rings. The summed E-state index contributed by atoms with van der Waals surface area (Å²) in [6.07, 6.45) is -0.553. The standard InChI is InChI=1S/C4H6NO2S/c1-2-7-4(6)5-3-8/h2H2,1H3,(H,5,6,8). The lowest BCUT2D eigenvalue weighted by Crippen LogP contribution is -2.21. The van der Waals surface area contributed by atoms with Gasteiger partial charge in [-0.25, -0.2) is 4.79 Å². The zero-order valence-electron chi connectivity index (χ0n) is 4.43. The molecule has 0 aromatic rings. The first-order valence-electron chi connectivity index (χ1n) is 2.11. The minimum absolute atomic E-state index is 0.350. The van der Waals surface area contributed by atoms with Gasteiger partial charge in [0, 0.05) is 0 Å². The maximum absolute atomic E-state index is 10.2. The molecule has 0 aromatic carbocycles. The highest BCUT2D eigenvalue weighted by molar-refractivity contribution is 7.78. The van der Waals surface area contributed by atoms with E-state index in [0.717, 1.165) is 0 Å². The zero-order chi connectivity index (χ0) is 6.41. The maximum Gasteiger partial charge on any atom is 0.412 e. The molecule has 0 bridgehead atoms. The molecule has 0 aliphatic heterocycles. The first kappa shape index (κ1) is 7.36. The molecule has 4 heteroatoms. The van der Waals surface area contributed by atoms with Crippen LogP contribution in [0.4, 0.5) is 4.79 Å². The molecule has 0 unspecified atom stereocenters. The van der Waals surface area contributed by atoms with E-state index >= 15 is 0 Å². The van der Waals surface area contributed by atoms with E-state index in [4.69, 9.17) is 0 Å². The topological polar surface area (TPSA) is 38.3 Å². The molecule has 1 amide bonds. The van der Waals surface area contributed by atoms with Crippen LogP contribution in [0.15, 0.2) is 0 Å². The van der Waals surface area contributed by atoms with Gasteiger partial charge in [0.15, 0.2) is 0 Å². The van der Waals surface area contributed by atoms with Crippen LogP contribution in [0, 0.1) is 0 Å². The third-order valence-corrected chi connectivity index (χ3v) is 0.531. The van der Waals surface area contributed by atoms with E-state index in [0.29, 0.717) is 6.61 Å². The molecule has 45 valence electrons. The quantitative estimate of drug-likeness (QED) is 0.441. The fourth-order valence-corrected chi connectivity index (χ4v) is 0.292. The van der Waals surface area contributed by atoms with Crippen molar-refractivity contribution < 1.29 is 9.53 Å². The highest BCUT2D eigenvalue weighted by Gasteiger charge is 1.92. The van der Waals surface area contributed by atoms with Gasteiger partial charge in [-0.2, -0.15) is 0 Å². The molecule has 0 aliphatic rings. The van der Waals surface area contributed by atoms with E-state index in [2.05, 4.69) is 22.3 Å². The minimum Gasteiger partial charge on any atom is -0.450 e. The normalized spacial score (nSPS) is 7.62. The van der Waals surface area contributed by atoms with Gasteiger partial charge in [-0.05, 0) is 6.92 Å². The highest BCUT2D eigenvalue weighted by atomic mass is 32.1. The Balaban J connectivity index is 3.18. The summed E-state index contributed by atoms with van der Waals surface area (Å²) in [7, 11) is 0. The predicted octanol–water partition coefficient (Wildman–Crippen LogP) is 0.567. The van der Waals surface area contributed by atoms with Crippen molar-refractivity contribution in [1.82, 2.24) is 5.32 Å². The third kappa shape index (κ3) is 3.55. The summed E-state index contributed by atoms with van der Waals surface area (Å²) in [5.74, 6) is 0. The second-order valence-electron chi connectivity index (χ2n) is 0.948. The fraction of sp³-hybridized carbons (Fsp3) is 0.500. The fourth-order valence-electron chi connectivity index (χ4n) is 0.209. The van der Waals surface area contributed by atoms with Crippen LogP contribution >= 0.6 is 12.2 Å². The van der Waals surface area contributed by atoms with Gasteiger partial charge in [0.25, 0.3) is 0 Å². The first-order chi connectivity index (χ1) is 3.81. The van der Waals surface area contributed by atoms with Crippen molar-refractivity contribution in [3.8, 4) is 0 Å². The number of ether oxygens (including phenoxy) is 1. The van der Waals surface area contributed by atoms with Crippen LogP contribution < -0.4 is 5.32 Å². The van der Waals surface area contributed by atoms with Crippen LogP contribution in [-0.2, 0) is 4.74 Å². The number of carbonyl (C=O) groups excluding carboxylic acids is 1. The van der Waals surface area contributed by atoms with E-state index in [9.17, 15) is 4.79 Å². The Kier molecular flexibility index (Phi) is 4.16. The molecule has 3 nitrogen and oxygen atoms in total. The number of nitrogens with one attached hydrogen (secondary N) is 1. The van der Waals surface area contributed by atoms with Gasteiger partial charge in [-0.1, -0.05) is 12.2 Å². The molecule has 0 saturated heterocycles. The molecule has 0 aromatic heterocycles. The van der Waals surface area contributed by atoms with Gasteiger partial charge < -0.3 is 4.74 Å². The molecule has 1 N–H and O–H groups in total. The summed E-state index contributed by atoms with van der Waals surface area (Å²) < 4.78 is 4.40. The van der Waals surface area contributed by atoms with E-state index in [1.54, 1.807) is 6.92 Å². The Morgan fingerprint density at radius 1 is 2.00 bits per heavy atom. The Bertz CT molecular complexity index is 94.0. The summed E-state index contributed by atoms with van der Waals surface area (Å²) >= 11 is 4.18. The van der Waals surface area contributed by atoms with Crippen molar-refractivity contribution in [2.24, 2.45) is 0 Å². The van der Waals surface area contributed by atoms with Crippen molar-refractivity contribution >= 4 is 23.8 Å². The van der Waals surface area contributed by atoms with Crippen molar-refractivity contribution in [2.75, 3.05) is 6.61 Å². The average molecular weight is 132 g/mol. The van der Waals surface area contributed by atoms with E-state index in [1.807, 2.05) is 5.49 Å². The molecule has 0 rings (SSSR count). The van der Waals surface area contributed by atoms with Gasteiger partial charge >= 0.3 is 6.09 Å². The van der Waals surface area contributed by atoms with Crippen LogP contribution in [-0.4, -0.2) is 18.2 Å². The number of hydrogen-bond donors (Lipinski definition) is 1. The lowest BCUT2D eigenvalue weighted by molar-refractivity contribution is 0.158. The van der Waals surface area contributed by atoms with Gasteiger partial charge in [0.1, 0.15) is 5.49 Å². The Morgan fingerprint density at radius 3 is 3.00 bits per heavy atom. The summed E-state index contributed by atoms with van der Waals surface area (Å²) in [4.78, 5) is 10.2. The molecule has 0 atom stereocenters. The predicted molar refractivity (Wildman–Crippen MR) is 32.8 cm³/mol. The zero-order valence-corrected chi connectivity index (χ0v) is 5.25. The van der Waals surface area contributed by atoms with Crippen molar-refractivity contribution in [3.05, 3.63) is 0 Å². The van der Waals surface area contributed by atoms with E-state index in [1.165, 1.54) is 0 Å². The second kappa shape index (κ2) is 4.52. The maximum atomic E-state index is 10.2. The summed E-state index contributed by atoms with van der Waals surface area (Å²) in [5.41, 5.74) is 2.01. The van der Waals surface area contributed by atoms with Crippen LogP contribution in [0.25, 0.3) is 0 Å². The van der Waals surface area contributed by atoms with Crippen molar-refractivity contribution in [1.29, 1.82) is 0 Å². The molecule has 8 heavy (non-hydrogen) atoms. The molecule has 0 saturated carbocycles. The van der Waals surface area contributed by atoms with Gasteiger partial charge in [-0.15, -0.1) is 0 Å². The lowest BCUT2D eigenvalue weighted by atomic mass is 10.9. The SMILES string of the molecule is CCOC(=O)N[C]=S.